The van der Waals surface area contributed by atoms with Crippen molar-refractivity contribution in [1.29, 1.82) is 0 Å². The Morgan fingerprint density at radius 2 is 1.55 bits per heavy atom. The van der Waals surface area contributed by atoms with Crippen molar-refractivity contribution in [1.82, 2.24) is 19.9 Å². The summed E-state index contributed by atoms with van der Waals surface area (Å²) in [5, 5.41) is 0. The topological polar surface area (TPSA) is 82.5 Å². The third-order valence-electron chi connectivity index (χ3n) is 3.39. The number of hydrogen-bond acceptors (Lipinski definition) is 8. The molecule has 0 saturated carbocycles. The molecule has 1 fully saturated rings. The van der Waals surface area contributed by atoms with Crippen LogP contribution in [0.25, 0.3) is 0 Å². The van der Waals surface area contributed by atoms with E-state index in [0.29, 0.717) is 30.0 Å². The maximum absolute atomic E-state index is 5.77. The molecule has 1 atom stereocenters. The SMILES string of the molecule is COc1cnc(OC2CCN(c3ncc(OC)cn3)C2)nc1. The standard InChI is InChI=1S/C14H17N5O3/c1-20-11-5-15-13(16-6-11)19-4-3-10(9-19)22-14-17-7-12(21-2)8-18-14/h5-8,10H,3-4,9H2,1-2H3. The van der Waals surface area contributed by atoms with E-state index in [1.165, 1.54) is 0 Å². The predicted octanol–water partition coefficient (Wildman–Crippen LogP) is 0.941. The van der Waals surface area contributed by atoms with Gasteiger partial charge in [-0.2, -0.15) is 9.97 Å². The number of methoxy groups -OCH3 is 2. The molecule has 0 aliphatic carbocycles. The van der Waals surface area contributed by atoms with E-state index in [1.807, 2.05) is 0 Å². The van der Waals surface area contributed by atoms with E-state index in [4.69, 9.17) is 14.2 Å². The second-order valence-corrected chi connectivity index (χ2v) is 4.80. The molecule has 1 saturated heterocycles. The Morgan fingerprint density at radius 3 is 2.14 bits per heavy atom. The van der Waals surface area contributed by atoms with E-state index >= 15 is 0 Å². The van der Waals surface area contributed by atoms with Crippen LogP contribution in [0.1, 0.15) is 6.42 Å². The van der Waals surface area contributed by atoms with Gasteiger partial charge >= 0.3 is 6.01 Å². The van der Waals surface area contributed by atoms with Gasteiger partial charge in [-0.3, -0.25) is 0 Å². The maximum Gasteiger partial charge on any atom is 0.316 e. The fraction of sp³-hybridized carbons (Fsp3) is 0.429. The van der Waals surface area contributed by atoms with Crippen molar-refractivity contribution in [3.63, 3.8) is 0 Å². The summed E-state index contributed by atoms with van der Waals surface area (Å²) in [4.78, 5) is 18.8. The Hall–Kier alpha value is -2.64. The molecule has 1 aliphatic rings. The van der Waals surface area contributed by atoms with Gasteiger partial charge in [0.1, 0.15) is 6.10 Å². The minimum atomic E-state index is 0.0131. The van der Waals surface area contributed by atoms with Crippen LogP contribution in [-0.2, 0) is 0 Å². The van der Waals surface area contributed by atoms with Crippen LogP contribution in [0.3, 0.4) is 0 Å². The number of rotatable bonds is 5. The van der Waals surface area contributed by atoms with Gasteiger partial charge in [-0.1, -0.05) is 0 Å². The summed E-state index contributed by atoms with van der Waals surface area (Å²) in [6.07, 6.45) is 7.36. The van der Waals surface area contributed by atoms with Gasteiger partial charge in [-0.25, -0.2) is 9.97 Å². The molecule has 8 heteroatoms. The quantitative estimate of drug-likeness (QED) is 0.807. The van der Waals surface area contributed by atoms with Gasteiger partial charge in [0.15, 0.2) is 11.5 Å². The largest absolute Gasteiger partial charge is 0.494 e. The number of nitrogens with zero attached hydrogens (tertiary/aromatic N) is 5. The van der Waals surface area contributed by atoms with Crippen molar-refractivity contribution in [3.05, 3.63) is 24.8 Å². The molecule has 3 heterocycles. The molecule has 116 valence electrons. The first-order valence-corrected chi connectivity index (χ1v) is 6.92. The van der Waals surface area contributed by atoms with Crippen LogP contribution < -0.4 is 19.1 Å². The van der Waals surface area contributed by atoms with Crippen LogP contribution >= 0.6 is 0 Å². The van der Waals surface area contributed by atoms with Crippen LogP contribution in [0.4, 0.5) is 5.95 Å². The maximum atomic E-state index is 5.77. The Balaban J connectivity index is 1.59. The number of ether oxygens (including phenoxy) is 3. The number of anilines is 1. The van der Waals surface area contributed by atoms with Crippen molar-refractivity contribution in [2.24, 2.45) is 0 Å². The first-order valence-electron chi connectivity index (χ1n) is 6.92. The molecule has 0 radical (unpaired) electrons. The summed E-state index contributed by atoms with van der Waals surface area (Å²) in [5.74, 6) is 1.91. The highest BCUT2D eigenvalue weighted by atomic mass is 16.5. The van der Waals surface area contributed by atoms with E-state index in [2.05, 4.69) is 24.8 Å². The normalized spacial score (nSPS) is 17.4. The van der Waals surface area contributed by atoms with Gasteiger partial charge in [0, 0.05) is 13.0 Å². The highest BCUT2D eigenvalue weighted by Crippen LogP contribution is 2.20. The lowest BCUT2D eigenvalue weighted by molar-refractivity contribution is 0.205. The molecule has 0 amide bonds. The average molecular weight is 303 g/mol. The molecule has 3 rings (SSSR count). The van der Waals surface area contributed by atoms with Crippen molar-refractivity contribution in [3.8, 4) is 17.5 Å². The second-order valence-electron chi connectivity index (χ2n) is 4.80. The fourth-order valence-corrected chi connectivity index (χ4v) is 2.20. The second kappa shape index (κ2) is 6.42. The third kappa shape index (κ3) is 3.16. The lowest BCUT2D eigenvalue weighted by atomic mass is 10.3. The van der Waals surface area contributed by atoms with E-state index in [0.717, 1.165) is 13.0 Å². The summed E-state index contributed by atoms with van der Waals surface area (Å²) in [5.41, 5.74) is 0. The van der Waals surface area contributed by atoms with Crippen molar-refractivity contribution in [2.75, 3.05) is 32.2 Å². The van der Waals surface area contributed by atoms with Gasteiger partial charge in [-0.05, 0) is 0 Å². The Labute approximate surface area is 128 Å². The Kier molecular flexibility index (Phi) is 4.17. The molecule has 8 nitrogen and oxygen atoms in total. The van der Waals surface area contributed by atoms with E-state index in [-0.39, 0.29) is 6.10 Å². The molecule has 0 aromatic carbocycles. The van der Waals surface area contributed by atoms with Gasteiger partial charge in [0.2, 0.25) is 5.95 Å². The van der Waals surface area contributed by atoms with Gasteiger partial charge in [0.05, 0.1) is 45.6 Å². The molecule has 0 spiro atoms. The van der Waals surface area contributed by atoms with E-state index < -0.39 is 0 Å². The fourth-order valence-electron chi connectivity index (χ4n) is 2.20. The lowest BCUT2D eigenvalue weighted by Gasteiger charge is -2.16. The summed E-state index contributed by atoms with van der Waals surface area (Å²) in [7, 11) is 3.16. The molecule has 0 bridgehead atoms. The van der Waals surface area contributed by atoms with Crippen LogP contribution in [0.5, 0.6) is 17.5 Å². The minimum Gasteiger partial charge on any atom is -0.494 e. The summed E-state index contributed by atoms with van der Waals surface area (Å²) in [6, 6.07) is 0.350. The summed E-state index contributed by atoms with van der Waals surface area (Å²) < 4.78 is 15.8. The smallest absolute Gasteiger partial charge is 0.316 e. The number of aromatic nitrogens is 4. The monoisotopic (exact) mass is 303 g/mol. The van der Waals surface area contributed by atoms with Crippen LogP contribution in [0.2, 0.25) is 0 Å². The first-order chi connectivity index (χ1) is 10.8. The molecule has 2 aromatic rings. The third-order valence-corrected chi connectivity index (χ3v) is 3.39. The molecule has 1 aliphatic heterocycles. The van der Waals surface area contributed by atoms with Crippen molar-refractivity contribution >= 4 is 5.95 Å². The molecule has 0 N–H and O–H groups in total. The molecule has 2 aromatic heterocycles. The zero-order chi connectivity index (χ0) is 15.4. The van der Waals surface area contributed by atoms with Crippen molar-refractivity contribution in [2.45, 2.75) is 12.5 Å². The van der Waals surface area contributed by atoms with E-state index in [9.17, 15) is 0 Å². The highest BCUT2D eigenvalue weighted by molar-refractivity contribution is 5.33. The van der Waals surface area contributed by atoms with Crippen LogP contribution in [0.15, 0.2) is 24.8 Å². The van der Waals surface area contributed by atoms with Crippen molar-refractivity contribution < 1.29 is 14.2 Å². The lowest BCUT2D eigenvalue weighted by Crippen LogP contribution is -2.26. The summed E-state index contributed by atoms with van der Waals surface area (Å²) >= 11 is 0. The predicted molar refractivity (Wildman–Crippen MR) is 78.4 cm³/mol. The van der Waals surface area contributed by atoms with Gasteiger partial charge < -0.3 is 19.1 Å². The zero-order valence-corrected chi connectivity index (χ0v) is 12.5. The van der Waals surface area contributed by atoms with Gasteiger partial charge in [0.25, 0.3) is 0 Å². The van der Waals surface area contributed by atoms with Gasteiger partial charge in [-0.15, -0.1) is 0 Å². The van der Waals surface area contributed by atoms with Crippen LogP contribution in [0, 0.1) is 0 Å². The molecular formula is C14H17N5O3. The molecule has 22 heavy (non-hydrogen) atoms. The minimum absolute atomic E-state index is 0.0131. The first kappa shape index (κ1) is 14.3. The highest BCUT2D eigenvalue weighted by Gasteiger charge is 2.26. The Morgan fingerprint density at radius 1 is 0.955 bits per heavy atom. The summed E-state index contributed by atoms with van der Waals surface area (Å²) in [6.45, 7) is 1.52. The van der Waals surface area contributed by atoms with E-state index in [1.54, 1.807) is 39.0 Å². The molecular weight excluding hydrogens is 286 g/mol. The van der Waals surface area contributed by atoms with Crippen LogP contribution in [-0.4, -0.2) is 53.3 Å². The average Bonchev–Trinajstić information content (AvgIpc) is 3.04. The zero-order valence-electron chi connectivity index (χ0n) is 12.5. The Bertz CT molecular complexity index is 605. The molecule has 1 unspecified atom stereocenters. The number of hydrogen-bond donors (Lipinski definition) is 0.